The number of carbonyl (C=O) groups is 4. The van der Waals surface area contributed by atoms with Crippen molar-refractivity contribution in [3.8, 4) is 22.2 Å². The van der Waals surface area contributed by atoms with E-state index in [1.165, 1.54) is 16.2 Å². The Morgan fingerprint density at radius 2 is 1.82 bits per heavy atom. The largest absolute Gasteiger partial charge is 0.496 e. The van der Waals surface area contributed by atoms with Gasteiger partial charge < -0.3 is 29.9 Å². The molecular weight excluding hydrogens is 833 g/mol. The summed E-state index contributed by atoms with van der Waals surface area (Å²) in [5.41, 5.74) is 1.43. The van der Waals surface area contributed by atoms with Crippen LogP contribution >= 0.6 is 11.3 Å². The average Bonchev–Trinajstić information content (AvgIpc) is 4.17. The fourth-order valence-electron chi connectivity index (χ4n) is 8.70. The van der Waals surface area contributed by atoms with Crippen LogP contribution in [-0.4, -0.2) is 114 Å². The summed E-state index contributed by atoms with van der Waals surface area (Å²) in [6.07, 6.45) is 8.90. The minimum atomic E-state index is -3.95. The van der Waals surface area contributed by atoms with Crippen LogP contribution in [0.1, 0.15) is 87.8 Å². The third-order valence-electron chi connectivity index (χ3n) is 12.7. The van der Waals surface area contributed by atoms with Gasteiger partial charge in [-0.3, -0.25) is 19.1 Å². The number of carbonyl (C=O) groups excluding carboxylic acids is 4. The van der Waals surface area contributed by atoms with Crippen LogP contribution in [0.4, 0.5) is 13.6 Å². The molecule has 0 spiro atoms. The number of halogens is 2. The Hall–Kier alpha value is -4.91. The molecule has 0 bridgehead atoms. The first kappa shape index (κ1) is 41.4. The molecular formula is C42H49F2N7O8S2. The van der Waals surface area contributed by atoms with Crippen molar-refractivity contribution >= 4 is 56.0 Å². The molecule has 5 fully saturated rings. The predicted octanol–water partition coefficient (Wildman–Crippen LogP) is 4.93. The standard InChI is InChI=1S/C42H49F2N7O8S2/c1-23-33(58-2)15-14-28-34(17-30(45-35(23)28)37-46-31(20-60-37)24-10-11-24)59-26-16-32-36(52)48-42(39(54)49-61(56,57)27-12-13-27)18-25(42)8-6-4-3-5-7-9-29(38(53)51(32)19-26)47-40(55)50-21-41(43,44)22-50/h6,8,14-15,17,20,24-27,29,32H,3-5,7,9-13,16,18-19,21-22H2,1-2H3,(H,47,55)(H,48,52)(H,49,54)/b8-6-/t25-,26-,29+,32+,42-/m1/s1. The van der Waals surface area contributed by atoms with E-state index >= 15 is 0 Å². The number of pyridine rings is 1. The number of nitrogens with zero attached hydrogens (tertiary/aromatic N) is 4. The van der Waals surface area contributed by atoms with Gasteiger partial charge in [0.2, 0.25) is 21.8 Å². The lowest BCUT2D eigenvalue weighted by atomic mass is 10.0. The highest BCUT2D eigenvalue weighted by molar-refractivity contribution is 7.91. The summed E-state index contributed by atoms with van der Waals surface area (Å²) in [5.74, 6) is -4.12. The lowest BCUT2D eigenvalue weighted by molar-refractivity contribution is -0.141. The molecule has 0 unspecified atom stereocenters. The zero-order valence-electron chi connectivity index (χ0n) is 34.0. The summed E-state index contributed by atoms with van der Waals surface area (Å²) in [7, 11) is -2.37. The normalized spacial score (nSPS) is 28.3. The number of methoxy groups -OCH3 is 1. The van der Waals surface area contributed by atoms with Crippen LogP contribution < -0.4 is 24.8 Å². The van der Waals surface area contributed by atoms with Gasteiger partial charge in [0.15, 0.2) is 0 Å². The van der Waals surface area contributed by atoms with Gasteiger partial charge in [0.1, 0.15) is 45.9 Å². The van der Waals surface area contributed by atoms with Gasteiger partial charge in [-0.25, -0.2) is 32.0 Å². The van der Waals surface area contributed by atoms with Crippen LogP contribution in [0, 0.1) is 12.8 Å². The fourth-order valence-corrected chi connectivity index (χ4v) is 10.9. The lowest BCUT2D eigenvalue weighted by Crippen LogP contribution is -2.63. The molecule has 3 aromatic rings. The summed E-state index contributed by atoms with van der Waals surface area (Å²) in [4.78, 5) is 68.5. The summed E-state index contributed by atoms with van der Waals surface area (Å²) in [5, 5.41) is 8.30. The fraction of sp³-hybridized carbons (Fsp3) is 0.571. The van der Waals surface area contributed by atoms with Crippen LogP contribution in [0.5, 0.6) is 11.5 Å². The second-order valence-electron chi connectivity index (χ2n) is 17.4. The second-order valence-corrected chi connectivity index (χ2v) is 20.2. The van der Waals surface area contributed by atoms with E-state index in [1.807, 2.05) is 36.6 Å². The molecule has 6 aliphatic rings. The van der Waals surface area contributed by atoms with Crippen LogP contribution in [0.2, 0.25) is 0 Å². The number of hydrogen-bond acceptors (Lipinski definition) is 11. The molecule has 3 saturated carbocycles. The number of urea groups is 1. The number of fused-ring (bicyclic) bond motifs is 3. The Labute approximate surface area is 356 Å². The van der Waals surface area contributed by atoms with Crippen molar-refractivity contribution in [2.24, 2.45) is 5.92 Å². The highest BCUT2D eigenvalue weighted by atomic mass is 32.2. The van der Waals surface area contributed by atoms with Crippen LogP contribution in [0.25, 0.3) is 21.6 Å². The minimum Gasteiger partial charge on any atom is -0.496 e. The summed E-state index contributed by atoms with van der Waals surface area (Å²) < 4.78 is 68.0. The van der Waals surface area contributed by atoms with Crippen molar-refractivity contribution in [3.05, 3.63) is 47.0 Å². The molecule has 15 nitrogen and oxygen atoms in total. The first-order valence-corrected chi connectivity index (χ1v) is 23.5. The molecule has 0 radical (unpaired) electrons. The summed E-state index contributed by atoms with van der Waals surface area (Å²) in [6.45, 7) is 0.261. The number of benzene rings is 1. The number of amides is 5. The van der Waals surface area contributed by atoms with Crippen LogP contribution in [-0.2, 0) is 24.4 Å². The Kier molecular flexibility index (Phi) is 10.7. The summed E-state index contributed by atoms with van der Waals surface area (Å²) in [6, 6.07) is 2.28. The monoisotopic (exact) mass is 881 g/mol. The van der Waals surface area contributed by atoms with E-state index in [2.05, 4.69) is 15.4 Å². The Morgan fingerprint density at radius 1 is 1.03 bits per heavy atom. The molecule has 61 heavy (non-hydrogen) atoms. The number of hydrogen-bond donors (Lipinski definition) is 3. The Morgan fingerprint density at radius 3 is 2.54 bits per heavy atom. The van der Waals surface area contributed by atoms with Gasteiger partial charge in [0, 0.05) is 40.7 Å². The average molecular weight is 882 g/mol. The third-order valence-corrected chi connectivity index (χ3v) is 15.4. The van der Waals surface area contributed by atoms with Crippen molar-refractivity contribution in [2.75, 3.05) is 26.7 Å². The highest BCUT2D eigenvalue weighted by Gasteiger charge is 2.62. The number of likely N-dealkylation sites (tertiary alicyclic amines) is 1. The quantitative estimate of drug-likeness (QED) is 0.249. The molecule has 2 saturated heterocycles. The predicted molar refractivity (Wildman–Crippen MR) is 221 cm³/mol. The minimum absolute atomic E-state index is 0.0213. The maximum Gasteiger partial charge on any atom is 0.318 e. The topological polar surface area (TPSA) is 189 Å². The molecule has 3 aliphatic heterocycles. The molecule has 1 aromatic carbocycles. The second kappa shape index (κ2) is 15.8. The zero-order chi connectivity index (χ0) is 42.8. The van der Waals surface area contributed by atoms with Gasteiger partial charge in [-0.2, -0.15) is 0 Å². The third kappa shape index (κ3) is 8.38. The number of sulfonamides is 1. The van der Waals surface area contributed by atoms with Gasteiger partial charge in [0.05, 0.1) is 43.2 Å². The number of allylic oxidation sites excluding steroid dienone is 1. The van der Waals surface area contributed by atoms with Gasteiger partial charge in [-0.1, -0.05) is 25.0 Å². The zero-order valence-corrected chi connectivity index (χ0v) is 35.6. The van der Waals surface area contributed by atoms with E-state index in [0.717, 1.165) is 35.4 Å². The van der Waals surface area contributed by atoms with Crippen LogP contribution in [0.15, 0.2) is 35.7 Å². The molecule has 326 valence electrons. The molecule has 5 amide bonds. The van der Waals surface area contributed by atoms with Crippen molar-refractivity contribution in [2.45, 2.75) is 118 Å². The molecule has 3 aliphatic carbocycles. The molecule has 9 rings (SSSR count). The van der Waals surface area contributed by atoms with E-state index in [0.29, 0.717) is 71.1 Å². The van der Waals surface area contributed by atoms with E-state index in [1.54, 1.807) is 13.2 Å². The number of aryl methyl sites for hydroxylation is 1. The maximum atomic E-state index is 14.7. The van der Waals surface area contributed by atoms with Gasteiger partial charge >= 0.3 is 6.03 Å². The molecule has 2 aromatic heterocycles. The van der Waals surface area contributed by atoms with E-state index < -0.39 is 87.7 Å². The first-order valence-electron chi connectivity index (χ1n) is 21.0. The smallest absolute Gasteiger partial charge is 0.318 e. The first-order chi connectivity index (χ1) is 29.1. The van der Waals surface area contributed by atoms with Gasteiger partial charge in [-0.15, -0.1) is 11.3 Å². The number of rotatable bonds is 9. The summed E-state index contributed by atoms with van der Waals surface area (Å²) >= 11 is 1.49. The highest BCUT2D eigenvalue weighted by Crippen LogP contribution is 2.47. The molecule has 3 N–H and O–H groups in total. The van der Waals surface area contributed by atoms with Crippen molar-refractivity contribution in [1.29, 1.82) is 0 Å². The number of nitrogens with one attached hydrogen (secondary N) is 3. The van der Waals surface area contributed by atoms with Crippen LogP contribution in [0.3, 0.4) is 0 Å². The number of alkyl halides is 2. The molecule has 5 heterocycles. The Balaban J connectivity index is 1.05. The van der Waals surface area contributed by atoms with Crippen molar-refractivity contribution < 1.29 is 45.9 Å². The van der Waals surface area contributed by atoms with E-state index in [4.69, 9.17) is 19.4 Å². The van der Waals surface area contributed by atoms with Gasteiger partial charge in [0.25, 0.3) is 11.8 Å². The van der Waals surface area contributed by atoms with Crippen molar-refractivity contribution in [3.63, 3.8) is 0 Å². The van der Waals surface area contributed by atoms with E-state index in [-0.39, 0.29) is 25.8 Å². The molecule has 5 atom stereocenters. The molecule has 19 heteroatoms. The number of thiazole rings is 1. The lowest BCUT2D eigenvalue weighted by Gasteiger charge is -2.39. The van der Waals surface area contributed by atoms with Gasteiger partial charge in [-0.05, 0) is 70.4 Å². The number of ether oxygens (including phenoxy) is 2. The van der Waals surface area contributed by atoms with E-state index in [9.17, 15) is 36.4 Å². The maximum absolute atomic E-state index is 14.7. The number of aromatic nitrogens is 2. The Bertz CT molecular complexity index is 2410. The SMILES string of the molecule is COc1ccc2c(O[C@@H]3C[C@H]4C(=O)N[C@]5(C(=O)NS(=O)(=O)C6CC6)C[C@H]5/C=C\CCCCC[C@H](NC(=O)N5CC(F)(F)C5)C(=O)N4C3)cc(-c3nc(C4CC4)cs3)nc2c1C. The van der Waals surface area contributed by atoms with Crippen molar-refractivity contribution in [1.82, 2.24) is 35.1 Å².